The van der Waals surface area contributed by atoms with Gasteiger partial charge in [0.2, 0.25) is 0 Å². The summed E-state index contributed by atoms with van der Waals surface area (Å²) >= 11 is 0. The van der Waals surface area contributed by atoms with E-state index in [1.807, 2.05) is 23.1 Å². The van der Waals surface area contributed by atoms with Crippen LogP contribution in [0.2, 0.25) is 0 Å². The normalized spacial score (nSPS) is 24.7. The van der Waals surface area contributed by atoms with Gasteiger partial charge in [-0.3, -0.25) is 4.79 Å². The monoisotopic (exact) mass is 293 g/mol. The Morgan fingerprint density at radius 2 is 1.85 bits per heavy atom. The first kappa shape index (κ1) is 13.3. The standard InChI is InChI=1S/C13H15N5O.ClH/c19-13(18-6-9-4-14-5-10(9)7-18)8-1-2-11-12(3-8)16-17-15-11;/h1-3,9-10,14H,4-7H2,(H,15,16,17);1H. The molecule has 0 aliphatic carbocycles. The molecule has 6 nitrogen and oxygen atoms in total. The Morgan fingerprint density at radius 3 is 2.60 bits per heavy atom. The molecule has 2 unspecified atom stereocenters. The van der Waals surface area contributed by atoms with Gasteiger partial charge in [0.25, 0.3) is 5.91 Å². The number of halogens is 1. The summed E-state index contributed by atoms with van der Waals surface area (Å²) in [5.41, 5.74) is 2.24. The Hall–Kier alpha value is -1.66. The van der Waals surface area contributed by atoms with Gasteiger partial charge in [-0.2, -0.15) is 15.4 Å². The number of nitrogens with one attached hydrogen (secondary N) is 2. The minimum absolute atomic E-state index is 0. The van der Waals surface area contributed by atoms with Gasteiger partial charge < -0.3 is 10.2 Å². The number of amides is 1. The molecule has 0 saturated carbocycles. The Kier molecular flexibility index (Phi) is 3.35. The fraction of sp³-hybridized carbons (Fsp3) is 0.462. The number of fused-ring (bicyclic) bond motifs is 2. The maximum absolute atomic E-state index is 12.5. The average molecular weight is 294 g/mol. The first-order chi connectivity index (χ1) is 9.31. The number of likely N-dealkylation sites (tertiary alicyclic amines) is 1. The third-order valence-corrected chi connectivity index (χ3v) is 4.24. The van der Waals surface area contributed by atoms with Crippen LogP contribution in [0.15, 0.2) is 18.2 Å². The molecule has 3 heterocycles. The number of nitrogens with zero attached hydrogens (tertiary/aromatic N) is 3. The van der Waals surface area contributed by atoms with Crippen LogP contribution in [0.3, 0.4) is 0 Å². The third kappa shape index (κ3) is 2.05. The molecule has 0 bridgehead atoms. The van der Waals surface area contributed by atoms with Crippen LogP contribution in [0.1, 0.15) is 10.4 Å². The van der Waals surface area contributed by atoms with Crippen molar-refractivity contribution in [2.24, 2.45) is 11.8 Å². The lowest BCUT2D eigenvalue weighted by atomic mass is 10.0. The van der Waals surface area contributed by atoms with E-state index in [4.69, 9.17) is 0 Å². The molecule has 1 amide bonds. The van der Waals surface area contributed by atoms with Crippen LogP contribution in [-0.4, -0.2) is 52.4 Å². The van der Waals surface area contributed by atoms with Crippen molar-refractivity contribution in [2.45, 2.75) is 0 Å². The number of benzene rings is 1. The Balaban J connectivity index is 0.00000121. The second-order valence-corrected chi connectivity index (χ2v) is 5.42. The van der Waals surface area contributed by atoms with E-state index in [-0.39, 0.29) is 18.3 Å². The Bertz CT molecular complexity index is 630. The molecule has 2 N–H and O–H groups in total. The molecule has 0 radical (unpaired) electrons. The van der Waals surface area contributed by atoms with E-state index in [0.717, 1.165) is 37.2 Å². The number of rotatable bonds is 1. The van der Waals surface area contributed by atoms with E-state index < -0.39 is 0 Å². The van der Waals surface area contributed by atoms with Crippen molar-refractivity contribution in [2.75, 3.05) is 26.2 Å². The quantitative estimate of drug-likeness (QED) is 0.810. The average Bonchev–Trinajstić information content (AvgIpc) is 3.11. The third-order valence-electron chi connectivity index (χ3n) is 4.24. The second kappa shape index (κ2) is 5.03. The van der Waals surface area contributed by atoms with Crippen LogP contribution in [0.5, 0.6) is 0 Å². The number of aromatic amines is 1. The number of H-pyrrole nitrogens is 1. The number of carbonyl (C=O) groups is 1. The van der Waals surface area contributed by atoms with Crippen molar-refractivity contribution >= 4 is 29.3 Å². The van der Waals surface area contributed by atoms with Gasteiger partial charge in [0.05, 0.1) is 0 Å². The van der Waals surface area contributed by atoms with Gasteiger partial charge in [-0.15, -0.1) is 12.4 Å². The zero-order valence-corrected chi connectivity index (χ0v) is 11.7. The molecule has 7 heteroatoms. The molecule has 4 rings (SSSR count). The van der Waals surface area contributed by atoms with Gasteiger partial charge in [0.15, 0.2) is 0 Å². The first-order valence-corrected chi connectivity index (χ1v) is 6.62. The minimum atomic E-state index is 0. The lowest BCUT2D eigenvalue weighted by Gasteiger charge is -2.17. The molecule has 2 saturated heterocycles. The van der Waals surface area contributed by atoms with Crippen molar-refractivity contribution in [3.8, 4) is 0 Å². The molecule has 2 aliphatic rings. The van der Waals surface area contributed by atoms with Gasteiger partial charge in [0, 0.05) is 31.7 Å². The molecule has 20 heavy (non-hydrogen) atoms. The molecule has 1 aromatic carbocycles. The maximum Gasteiger partial charge on any atom is 0.253 e. The van der Waals surface area contributed by atoms with Gasteiger partial charge in [-0.05, 0) is 30.0 Å². The second-order valence-electron chi connectivity index (χ2n) is 5.42. The van der Waals surface area contributed by atoms with Crippen LogP contribution in [0.4, 0.5) is 0 Å². The van der Waals surface area contributed by atoms with Crippen LogP contribution < -0.4 is 5.32 Å². The molecule has 2 fully saturated rings. The number of aromatic nitrogens is 3. The lowest BCUT2D eigenvalue weighted by Crippen LogP contribution is -2.31. The lowest BCUT2D eigenvalue weighted by molar-refractivity contribution is 0.0782. The van der Waals surface area contributed by atoms with Crippen molar-refractivity contribution in [3.05, 3.63) is 23.8 Å². The fourth-order valence-electron chi connectivity index (χ4n) is 3.18. The largest absolute Gasteiger partial charge is 0.338 e. The van der Waals surface area contributed by atoms with Gasteiger partial charge in [-0.25, -0.2) is 0 Å². The van der Waals surface area contributed by atoms with E-state index in [1.54, 1.807) is 0 Å². The summed E-state index contributed by atoms with van der Waals surface area (Å²) in [6.07, 6.45) is 0. The van der Waals surface area contributed by atoms with E-state index in [1.165, 1.54) is 0 Å². The Morgan fingerprint density at radius 1 is 1.15 bits per heavy atom. The molecule has 1 aromatic heterocycles. The zero-order chi connectivity index (χ0) is 12.8. The summed E-state index contributed by atoms with van der Waals surface area (Å²) in [5, 5.41) is 14.0. The number of carbonyl (C=O) groups excluding carboxylic acids is 1. The summed E-state index contributed by atoms with van der Waals surface area (Å²) in [4.78, 5) is 14.5. The highest BCUT2D eigenvalue weighted by molar-refractivity contribution is 5.97. The predicted molar refractivity (Wildman–Crippen MR) is 76.9 cm³/mol. The van der Waals surface area contributed by atoms with Crippen molar-refractivity contribution in [1.29, 1.82) is 0 Å². The summed E-state index contributed by atoms with van der Waals surface area (Å²) in [5.74, 6) is 1.36. The molecule has 2 aromatic rings. The van der Waals surface area contributed by atoms with E-state index in [9.17, 15) is 4.79 Å². The van der Waals surface area contributed by atoms with Crippen LogP contribution >= 0.6 is 12.4 Å². The fourth-order valence-corrected chi connectivity index (χ4v) is 3.18. The van der Waals surface area contributed by atoms with Crippen molar-refractivity contribution < 1.29 is 4.79 Å². The van der Waals surface area contributed by atoms with Crippen molar-refractivity contribution in [1.82, 2.24) is 25.6 Å². The summed E-state index contributed by atoms with van der Waals surface area (Å²) in [6.45, 7) is 3.81. The minimum Gasteiger partial charge on any atom is -0.338 e. The number of hydrogen-bond acceptors (Lipinski definition) is 4. The molecule has 2 atom stereocenters. The zero-order valence-electron chi connectivity index (χ0n) is 10.9. The van der Waals surface area contributed by atoms with Crippen LogP contribution in [0, 0.1) is 11.8 Å². The number of hydrogen-bond donors (Lipinski definition) is 2. The first-order valence-electron chi connectivity index (χ1n) is 6.62. The summed E-state index contributed by atoms with van der Waals surface area (Å²) in [7, 11) is 0. The Labute approximate surface area is 122 Å². The SMILES string of the molecule is Cl.O=C(c1ccc2n[nH]nc2c1)N1CC2CNCC2C1. The van der Waals surface area contributed by atoms with Crippen molar-refractivity contribution in [3.63, 3.8) is 0 Å². The molecular weight excluding hydrogens is 278 g/mol. The van der Waals surface area contributed by atoms with E-state index >= 15 is 0 Å². The topological polar surface area (TPSA) is 73.9 Å². The van der Waals surface area contributed by atoms with Gasteiger partial charge in [-0.1, -0.05) is 0 Å². The van der Waals surface area contributed by atoms with E-state index in [0.29, 0.717) is 17.4 Å². The van der Waals surface area contributed by atoms with Gasteiger partial charge in [0.1, 0.15) is 11.0 Å². The highest BCUT2D eigenvalue weighted by Gasteiger charge is 2.38. The molecule has 2 aliphatic heterocycles. The predicted octanol–water partition coefficient (Wildman–Crippen LogP) is 0.671. The summed E-state index contributed by atoms with van der Waals surface area (Å²) < 4.78 is 0. The smallest absolute Gasteiger partial charge is 0.253 e. The molecular formula is C13H16ClN5O. The van der Waals surface area contributed by atoms with Crippen LogP contribution in [-0.2, 0) is 0 Å². The molecule has 106 valence electrons. The highest BCUT2D eigenvalue weighted by Crippen LogP contribution is 2.27. The van der Waals surface area contributed by atoms with E-state index in [2.05, 4.69) is 20.7 Å². The highest BCUT2D eigenvalue weighted by atomic mass is 35.5. The molecule has 0 spiro atoms. The van der Waals surface area contributed by atoms with Gasteiger partial charge >= 0.3 is 0 Å². The van der Waals surface area contributed by atoms with Crippen LogP contribution in [0.25, 0.3) is 11.0 Å². The summed E-state index contributed by atoms with van der Waals surface area (Å²) in [6, 6.07) is 5.48. The maximum atomic E-state index is 12.5.